The van der Waals surface area contributed by atoms with E-state index in [1.165, 1.54) is 50.8 Å². The fourth-order valence-corrected chi connectivity index (χ4v) is 2.97. The molecule has 1 saturated heterocycles. The molecule has 18 heavy (non-hydrogen) atoms. The molecule has 0 radical (unpaired) electrons. The van der Waals surface area contributed by atoms with Crippen LogP contribution >= 0.6 is 0 Å². The Morgan fingerprint density at radius 1 is 1.22 bits per heavy atom. The number of hydrogen-bond donors (Lipinski definition) is 1. The first kappa shape index (κ1) is 13.4. The zero-order chi connectivity index (χ0) is 12.8. The molecule has 0 aliphatic carbocycles. The van der Waals surface area contributed by atoms with E-state index in [9.17, 15) is 0 Å². The topological polar surface area (TPSA) is 29.3 Å². The highest BCUT2D eigenvalue weighted by Crippen LogP contribution is 2.21. The van der Waals surface area contributed by atoms with E-state index in [0.29, 0.717) is 0 Å². The van der Waals surface area contributed by atoms with E-state index in [0.717, 1.165) is 18.2 Å². The van der Waals surface area contributed by atoms with Gasteiger partial charge in [-0.1, -0.05) is 31.9 Å². The van der Waals surface area contributed by atoms with Gasteiger partial charge in [0.15, 0.2) is 0 Å². The minimum atomic E-state index is 0.831. The van der Waals surface area contributed by atoms with Crippen LogP contribution in [-0.2, 0) is 6.42 Å². The molecule has 100 valence electrons. The van der Waals surface area contributed by atoms with Crippen molar-refractivity contribution < 1.29 is 0 Å². The van der Waals surface area contributed by atoms with Crippen molar-refractivity contribution in [1.82, 2.24) is 4.90 Å². The standard InChI is InChI=1S/C16H26N2/c1-2-5-16-6-3-4-12-18(16)13-11-14-7-9-15(17)10-8-14/h7-10,16H,2-6,11-13,17H2,1H3. The summed E-state index contributed by atoms with van der Waals surface area (Å²) < 4.78 is 0. The van der Waals surface area contributed by atoms with E-state index in [1.54, 1.807) is 0 Å². The normalized spacial score (nSPS) is 21.1. The first-order chi connectivity index (χ1) is 8.79. The van der Waals surface area contributed by atoms with Gasteiger partial charge in [0.2, 0.25) is 0 Å². The quantitative estimate of drug-likeness (QED) is 0.806. The molecule has 1 aromatic rings. The molecule has 2 N–H and O–H groups in total. The van der Waals surface area contributed by atoms with E-state index < -0.39 is 0 Å². The van der Waals surface area contributed by atoms with Crippen molar-refractivity contribution in [3.63, 3.8) is 0 Å². The van der Waals surface area contributed by atoms with Crippen LogP contribution in [-0.4, -0.2) is 24.0 Å². The van der Waals surface area contributed by atoms with Gasteiger partial charge in [-0.2, -0.15) is 0 Å². The lowest BCUT2D eigenvalue weighted by molar-refractivity contribution is 0.141. The van der Waals surface area contributed by atoms with Gasteiger partial charge in [0.25, 0.3) is 0 Å². The van der Waals surface area contributed by atoms with Crippen molar-refractivity contribution in [2.45, 2.75) is 51.5 Å². The van der Waals surface area contributed by atoms with E-state index >= 15 is 0 Å². The summed E-state index contributed by atoms with van der Waals surface area (Å²) in [6.45, 7) is 4.79. The van der Waals surface area contributed by atoms with Crippen LogP contribution in [0.15, 0.2) is 24.3 Å². The Balaban J connectivity index is 1.85. The third-order valence-corrected chi connectivity index (χ3v) is 4.04. The number of nitrogens with zero attached hydrogens (tertiary/aromatic N) is 1. The predicted molar refractivity (Wildman–Crippen MR) is 78.7 cm³/mol. The van der Waals surface area contributed by atoms with Crippen molar-refractivity contribution >= 4 is 5.69 Å². The van der Waals surface area contributed by atoms with Crippen LogP contribution in [0.25, 0.3) is 0 Å². The second kappa shape index (κ2) is 6.79. The number of likely N-dealkylation sites (tertiary alicyclic amines) is 1. The average molecular weight is 246 g/mol. The molecule has 1 aromatic carbocycles. The maximum Gasteiger partial charge on any atom is 0.0314 e. The molecule has 0 spiro atoms. The van der Waals surface area contributed by atoms with Gasteiger partial charge in [-0.25, -0.2) is 0 Å². The van der Waals surface area contributed by atoms with Gasteiger partial charge in [0.1, 0.15) is 0 Å². The van der Waals surface area contributed by atoms with Gasteiger partial charge in [0.05, 0.1) is 0 Å². The Labute approximate surface area is 111 Å². The number of rotatable bonds is 5. The summed E-state index contributed by atoms with van der Waals surface area (Å²) in [7, 11) is 0. The number of benzene rings is 1. The molecule has 0 amide bonds. The van der Waals surface area contributed by atoms with E-state index in [1.807, 2.05) is 12.1 Å². The SMILES string of the molecule is CCCC1CCCCN1CCc1ccc(N)cc1. The van der Waals surface area contributed by atoms with Crippen molar-refractivity contribution in [3.05, 3.63) is 29.8 Å². The highest BCUT2D eigenvalue weighted by Gasteiger charge is 2.20. The molecular formula is C16H26N2. The van der Waals surface area contributed by atoms with Crippen molar-refractivity contribution in [2.75, 3.05) is 18.8 Å². The van der Waals surface area contributed by atoms with E-state index in [-0.39, 0.29) is 0 Å². The molecule has 1 heterocycles. The van der Waals surface area contributed by atoms with Gasteiger partial charge in [-0.3, -0.25) is 0 Å². The molecule has 1 unspecified atom stereocenters. The van der Waals surface area contributed by atoms with E-state index in [2.05, 4.69) is 24.0 Å². The first-order valence-electron chi connectivity index (χ1n) is 7.38. The molecule has 0 bridgehead atoms. The summed E-state index contributed by atoms with van der Waals surface area (Å²) in [5.74, 6) is 0. The summed E-state index contributed by atoms with van der Waals surface area (Å²) in [5, 5.41) is 0. The second-order valence-electron chi connectivity index (χ2n) is 5.47. The smallest absolute Gasteiger partial charge is 0.0314 e. The maximum atomic E-state index is 5.72. The highest BCUT2D eigenvalue weighted by atomic mass is 15.2. The van der Waals surface area contributed by atoms with Crippen molar-refractivity contribution in [2.24, 2.45) is 0 Å². The average Bonchev–Trinajstić information content (AvgIpc) is 2.40. The predicted octanol–water partition coefficient (Wildman–Crippen LogP) is 3.47. The number of anilines is 1. The lowest BCUT2D eigenvalue weighted by atomic mass is 9.97. The molecule has 1 atom stereocenters. The lowest BCUT2D eigenvalue weighted by Crippen LogP contribution is -2.40. The first-order valence-corrected chi connectivity index (χ1v) is 7.38. The lowest BCUT2D eigenvalue weighted by Gasteiger charge is -2.35. The summed E-state index contributed by atoms with van der Waals surface area (Å²) in [4.78, 5) is 2.70. The summed E-state index contributed by atoms with van der Waals surface area (Å²) in [6, 6.07) is 9.17. The summed E-state index contributed by atoms with van der Waals surface area (Å²) in [6.07, 6.45) is 8.02. The Hall–Kier alpha value is -1.02. The second-order valence-corrected chi connectivity index (χ2v) is 5.47. The van der Waals surface area contributed by atoms with E-state index in [4.69, 9.17) is 5.73 Å². The highest BCUT2D eigenvalue weighted by molar-refractivity contribution is 5.39. The number of nitrogens with two attached hydrogens (primary N) is 1. The number of hydrogen-bond acceptors (Lipinski definition) is 2. The van der Waals surface area contributed by atoms with Crippen LogP contribution < -0.4 is 5.73 Å². The molecular weight excluding hydrogens is 220 g/mol. The molecule has 1 fully saturated rings. The number of piperidine rings is 1. The van der Waals surface area contributed by atoms with Crippen LogP contribution in [0.1, 0.15) is 44.6 Å². The zero-order valence-corrected chi connectivity index (χ0v) is 11.6. The van der Waals surface area contributed by atoms with Gasteiger partial charge in [0, 0.05) is 18.3 Å². The molecule has 1 aliphatic rings. The molecule has 0 aromatic heterocycles. The largest absolute Gasteiger partial charge is 0.399 e. The monoisotopic (exact) mass is 246 g/mol. The molecule has 2 nitrogen and oxygen atoms in total. The maximum absolute atomic E-state index is 5.72. The zero-order valence-electron chi connectivity index (χ0n) is 11.6. The fourth-order valence-electron chi connectivity index (χ4n) is 2.97. The third-order valence-electron chi connectivity index (χ3n) is 4.04. The van der Waals surface area contributed by atoms with Crippen molar-refractivity contribution in [1.29, 1.82) is 0 Å². The molecule has 1 aliphatic heterocycles. The van der Waals surface area contributed by atoms with Crippen molar-refractivity contribution in [3.8, 4) is 0 Å². The minimum absolute atomic E-state index is 0.831. The Bertz CT molecular complexity index is 343. The van der Waals surface area contributed by atoms with Gasteiger partial charge < -0.3 is 10.6 Å². The summed E-state index contributed by atoms with van der Waals surface area (Å²) >= 11 is 0. The molecule has 2 rings (SSSR count). The van der Waals surface area contributed by atoms with Crippen LogP contribution in [0.4, 0.5) is 5.69 Å². The van der Waals surface area contributed by atoms with Crippen LogP contribution in [0, 0.1) is 0 Å². The van der Waals surface area contributed by atoms with Crippen LogP contribution in [0.5, 0.6) is 0 Å². The van der Waals surface area contributed by atoms with Crippen LogP contribution in [0.2, 0.25) is 0 Å². The Morgan fingerprint density at radius 2 is 2.00 bits per heavy atom. The number of nitrogen functional groups attached to an aromatic ring is 1. The third kappa shape index (κ3) is 3.74. The summed E-state index contributed by atoms with van der Waals surface area (Å²) in [5.41, 5.74) is 7.99. The van der Waals surface area contributed by atoms with Gasteiger partial charge in [-0.05, 0) is 49.9 Å². The minimum Gasteiger partial charge on any atom is -0.399 e. The van der Waals surface area contributed by atoms with Gasteiger partial charge >= 0.3 is 0 Å². The van der Waals surface area contributed by atoms with Gasteiger partial charge in [-0.15, -0.1) is 0 Å². The fraction of sp³-hybridized carbons (Fsp3) is 0.625. The Kier molecular flexibility index (Phi) is 5.06. The molecule has 0 saturated carbocycles. The van der Waals surface area contributed by atoms with Crippen LogP contribution in [0.3, 0.4) is 0 Å². The Morgan fingerprint density at radius 3 is 2.72 bits per heavy atom. The molecule has 2 heteroatoms.